The van der Waals surface area contributed by atoms with Gasteiger partial charge in [-0.3, -0.25) is 24.0 Å². The molecule has 2 aromatic carbocycles. The number of amides is 4. The van der Waals surface area contributed by atoms with Crippen LogP contribution in [0.1, 0.15) is 51.7 Å². The summed E-state index contributed by atoms with van der Waals surface area (Å²) in [5, 5.41) is 11.5. The Morgan fingerprint density at radius 3 is 2.60 bits per heavy atom. The first-order valence-electron chi connectivity index (χ1n) is 15.9. The number of hydrogen-bond donors (Lipinski definition) is 5. The van der Waals surface area contributed by atoms with Crippen molar-refractivity contribution in [2.24, 2.45) is 5.73 Å². The molecule has 3 heterocycles. The third kappa shape index (κ3) is 8.04. The number of benzene rings is 2. The van der Waals surface area contributed by atoms with Crippen molar-refractivity contribution >= 4 is 40.3 Å². The Kier molecular flexibility index (Phi) is 10.8. The summed E-state index contributed by atoms with van der Waals surface area (Å²) in [6, 6.07) is 16.1. The maximum Gasteiger partial charge on any atom is 0.261 e. The Morgan fingerprint density at radius 1 is 1.06 bits per heavy atom. The minimum Gasteiger partial charge on any atom is -0.491 e. The molecular weight excluding hydrogens is 614 g/mol. The van der Waals surface area contributed by atoms with Crippen LogP contribution in [-0.2, 0) is 22.6 Å². The number of ether oxygens (including phenoxy) is 1. The molecule has 1 aliphatic rings. The number of aromatic nitrogens is 2. The van der Waals surface area contributed by atoms with Crippen molar-refractivity contribution in [3.8, 4) is 5.75 Å². The van der Waals surface area contributed by atoms with Gasteiger partial charge < -0.3 is 36.3 Å². The molecule has 4 amide bonds. The molecule has 2 aromatic heterocycles. The molecule has 0 saturated carbocycles. The highest BCUT2D eigenvalue weighted by Crippen LogP contribution is 2.24. The Hall–Kier alpha value is -5.56. The second kappa shape index (κ2) is 15.4. The first-order valence-corrected chi connectivity index (χ1v) is 15.9. The van der Waals surface area contributed by atoms with Crippen molar-refractivity contribution in [2.45, 2.75) is 51.7 Å². The summed E-state index contributed by atoms with van der Waals surface area (Å²) in [7, 11) is 0. The first-order chi connectivity index (χ1) is 23.2. The Bertz CT molecular complexity index is 1890. The smallest absolute Gasteiger partial charge is 0.261 e. The Morgan fingerprint density at radius 2 is 1.85 bits per heavy atom. The molecule has 6 N–H and O–H groups in total. The lowest BCUT2D eigenvalue weighted by Crippen LogP contribution is -2.52. The molecule has 48 heavy (non-hydrogen) atoms. The van der Waals surface area contributed by atoms with Crippen LogP contribution >= 0.6 is 0 Å². The van der Waals surface area contributed by atoms with Gasteiger partial charge in [0.1, 0.15) is 29.6 Å². The lowest BCUT2D eigenvalue weighted by atomic mass is 10.1. The van der Waals surface area contributed by atoms with Crippen LogP contribution < -0.4 is 37.2 Å². The normalized spacial score (nSPS) is 17.3. The van der Waals surface area contributed by atoms with E-state index >= 15 is 0 Å². The van der Waals surface area contributed by atoms with Crippen LogP contribution in [0.5, 0.6) is 5.75 Å². The molecule has 0 fully saturated rings. The second-order valence-corrected chi connectivity index (χ2v) is 11.6. The van der Waals surface area contributed by atoms with Gasteiger partial charge in [-0.05, 0) is 69.1 Å². The molecule has 1 aliphatic heterocycles. The molecule has 0 unspecified atom stereocenters. The Labute approximate surface area is 277 Å². The third-order valence-electron chi connectivity index (χ3n) is 7.98. The van der Waals surface area contributed by atoms with E-state index < -0.39 is 35.2 Å². The number of pyridine rings is 2. The second-order valence-electron chi connectivity index (χ2n) is 11.6. The summed E-state index contributed by atoms with van der Waals surface area (Å²) < 4.78 is 7.88. The maximum absolute atomic E-state index is 13.4. The minimum absolute atomic E-state index is 0.00291. The topological polar surface area (TPSA) is 187 Å². The summed E-state index contributed by atoms with van der Waals surface area (Å²) in [5.74, 6) is -1.79. The molecule has 0 spiro atoms. The van der Waals surface area contributed by atoms with Gasteiger partial charge in [0.15, 0.2) is 0 Å². The van der Waals surface area contributed by atoms with Crippen molar-refractivity contribution in [3.63, 3.8) is 0 Å². The highest BCUT2D eigenvalue weighted by Gasteiger charge is 2.25. The summed E-state index contributed by atoms with van der Waals surface area (Å²) in [4.78, 5) is 70.6. The van der Waals surface area contributed by atoms with E-state index in [0.29, 0.717) is 24.0 Å². The van der Waals surface area contributed by atoms with Crippen LogP contribution in [0.3, 0.4) is 0 Å². The number of fused-ring (bicyclic) bond motifs is 2. The van der Waals surface area contributed by atoms with Crippen LogP contribution in [-0.4, -0.2) is 65.0 Å². The molecule has 0 aliphatic carbocycles. The van der Waals surface area contributed by atoms with E-state index in [2.05, 4.69) is 26.3 Å². The van der Waals surface area contributed by atoms with Gasteiger partial charge in [0.2, 0.25) is 17.2 Å². The standard InChI is InChI=1S/C35H39N7O6/c1-3-42-19-27(31(44)25-11-9-21(2)38-32(25)42)34(46)39-23-10-12-29-26(18-23)33(45)37-16-14-30(43)41-28(13-15-36)35(47)40-24(20-48-29)17-22-7-5-4-6-8-22/h4-12,18-19,24,28H,3,13-17,20,36H2,1-2H3,(H,37,45)(H,39,46)(H,40,47)(H,41,43)/t24-,28+/m1/s1. The van der Waals surface area contributed by atoms with E-state index in [9.17, 15) is 24.0 Å². The molecule has 4 aromatic rings. The van der Waals surface area contributed by atoms with E-state index in [1.165, 1.54) is 12.3 Å². The van der Waals surface area contributed by atoms with Crippen molar-refractivity contribution < 1.29 is 23.9 Å². The van der Waals surface area contributed by atoms with Gasteiger partial charge >= 0.3 is 0 Å². The summed E-state index contributed by atoms with van der Waals surface area (Å²) in [6.07, 6.45) is 2.05. The van der Waals surface area contributed by atoms with E-state index in [-0.39, 0.29) is 61.0 Å². The number of anilines is 1. The first kappa shape index (κ1) is 33.8. The van der Waals surface area contributed by atoms with Crippen molar-refractivity contribution in [1.82, 2.24) is 25.5 Å². The highest BCUT2D eigenvalue weighted by atomic mass is 16.5. The van der Waals surface area contributed by atoms with Crippen molar-refractivity contribution in [3.05, 3.63) is 99.5 Å². The predicted octanol–water partition coefficient (Wildman–Crippen LogP) is 2.05. The predicted molar refractivity (Wildman–Crippen MR) is 181 cm³/mol. The SMILES string of the molecule is CCn1cc(C(=O)Nc2ccc3c(c2)C(=O)NCCC(=O)N[C@@H](CCN)C(=O)N[C@H](Cc2ccccc2)CO3)c(=O)c2ccc(C)nc21. The molecular formula is C35H39N7O6. The highest BCUT2D eigenvalue weighted by molar-refractivity contribution is 6.06. The van der Waals surface area contributed by atoms with E-state index in [4.69, 9.17) is 10.5 Å². The fourth-order valence-electron chi connectivity index (χ4n) is 5.50. The van der Waals surface area contributed by atoms with Gasteiger partial charge in [-0.2, -0.15) is 0 Å². The minimum atomic E-state index is -0.845. The Balaban J connectivity index is 1.44. The van der Waals surface area contributed by atoms with Crippen LogP contribution in [0.15, 0.2) is 71.7 Å². The number of hydrogen-bond acceptors (Lipinski definition) is 8. The van der Waals surface area contributed by atoms with Crippen molar-refractivity contribution in [2.75, 3.05) is 25.0 Å². The van der Waals surface area contributed by atoms with Crippen LogP contribution in [0, 0.1) is 6.92 Å². The molecule has 0 bridgehead atoms. The van der Waals surface area contributed by atoms with E-state index in [0.717, 1.165) is 11.3 Å². The number of nitrogens with one attached hydrogen (secondary N) is 4. The average Bonchev–Trinajstić information content (AvgIpc) is 3.07. The number of rotatable bonds is 7. The zero-order valence-corrected chi connectivity index (χ0v) is 26.9. The summed E-state index contributed by atoms with van der Waals surface area (Å²) in [5.41, 5.74) is 7.72. The number of carbonyl (C=O) groups excluding carboxylic acids is 4. The van der Waals surface area contributed by atoms with Gasteiger partial charge in [-0.15, -0.1) is 0 Å². The van der Waals surface area contributed by atoms with Gasteiger partial charge in [0, 0.05) is 37.1 Å². The largest absolute Gasteiger partial charge is 0.491 e. The van der Waals surface area contributed by atoms with Gasteiger partial charge in [0.05, 0.1) is 17.0 Å². The molecule has 13 heteroatoms. The lowest BCUT2D eigenvalue weighted by molar-refractivity contribution is -0.129. The number of aryl methyl sites for hydroxylation is 2. The molecule has 250 valence electrons. The van der Waals surface area contributed by atoms with Gasteiger partial charge in [0.25, 0.3) is 11.8 Å². The molecule has 0 radical (unpaired) electrons. The molecule has 0 saturated heterocycles. The van der Waals surface area contributed by atoms with Crippen LogP contribution in [0.4, 0.5) is 5.69 Å². The van der Waals surface area contributed by atoms with Crippen LogP contribution in [0.2, 0.25) is 0 Å². The van der Waals surface area contributed by atoms with Gasteiger partial charge in [-0.1, -0.05) is 30.3 Å². The van der Waals surface area contributed by atoms with Crippen molar-refractivity contribution in [1.29, 1.82) is 0 Å². The lowest BCUT2D eigenvalue weighted by Gasteiger charge is -2.25. The van der Waals surface area contributed by atoms with Gasteiger partial charge in [-0.25, -0.2) is 4.98 Å². The summed E-state index contributed by atoms with van der Waals surface area (Å²) >= 11 is 0. The quantitative estimate of drug-likeness (QED) is 0.201. The number of nitrogens with two attached hydrogens (primary N) is 1. The zero-order chi connectivity index (χ0) is 34.2. The monoisotopic (exact) mass is 653 g/mol. The molecule has 5 rings (SSSR count). The molecule has 2 atom stereocenters. The fourth-order valence-corrected chi connectivity index (χ4v) is 5.50. The zero-order valence-electron chi connectivity index (χ0n) is 26.9. The number of carbonyl (C=O) groups is 4. The van der Waals surface area contributed by atoms with E-state index in [1.807, 2.05) is 44.2 Å². The summed E-state index contributed by atoms with van der Waals surface area (Å²) in [6.45, 7) is 4.37. The fraction of sp³-hybridized carbons (Fsp3) is 0.314. The maximum atomic E-state index is 13.4. The van der Waals surface area contributed by atoms with Crippen LogP contribution in [0.25, 0.3) is 11.0 Å². The average molecular weight is 654 g/mol. The van der Waals surface area contributed by atoms with E-state index in [1.54, 1.807) is 28.8 Å². The number of nitrogens with zero attached hydrogens (tertiary/aromatic N) is 2. The molecule has 13 nitrogen and oxygen atoms in total. The third-order valence-corrected chi connectivity index (χ3v) is 7.98.